The van der Waals surface area contributed by atoms with Crippen LogP contribution >= 0.6 is 0 Å². The van der Waals surface area contributed by atoms with E-state index in [4.69, 9.17) is 10.3 Å². The Bertz CT molecular complexity index is 583. The molecule has 0 spiro atoms. The number of carbonyl (C=O) groups excluding carboxylic acids is 2. The smallest absolute Gasteiger partial charge is 0.293 e. The summed E-state index contributed by atoms with van der Waals surface area (Å²) in [7, 11) is 0. The second kappa shape index (κ2) is 6.08. The highest BCUT2D eigenvalue weighted by atomic mass is 16.5. The van der Waals surface area contributed by atoms with E-state index in [0.29, 0.717) is 19.5 Å². The van der Waals surface area contributed by atoms with E-state index in [2.05, 4.69) is 10.5 Å². The van der Waals surface area contributed by atoms with Crippen LogP contribution in [0.3, 0.4) is 0 Å². The molecule has 1 fully saturated rings. The van der Waals surface area contributed by atoms with Crippen molar-refractivity contribution in [3.05, 3.63) is 17.0 Å². The molecule has 0 saturated carbocycles. The summed E-state index contributed by atoms with van der Waals surface area (Å²) in [4.78, 5) is 26.5. The number of amides is 2. The first-order valence-electron chi connectivity index (χ1n) is 7.93. The molecular formula is C15H22N4O3. The van der Waals surface area contributed by atoms with Crippen LogP contribution in [0.15, 0.2) is 4.52 Å². The SMILES string of the molecule is CCNC(=O)[C@@H]1C[C@@H](N)CN1C(=O)c1onc2c1CCCC2. The average Bonchev–Trinajstić information content (AvgIpc) is 3.10. The number of likely N-dealkylation sites (N-methyl/N-ethyl adjacent to an activating group) is 1. The summed E-state index contributed by atoms with van der Waals surface area (Å²) in [5.74, 6) is -0.130. The first-order chi connectivity index (χ1) is 10.6. The number of nitrogens with zero attached hydrogens (tertiary/aromatic N) is 2. The van der Waals surface area contributed by atoms with Gasteiger partial charge in [0.25, 0.3) is 5.91 Å². The third-order valence-corrected chi connectivity index (χ3v) is 4.40. The summed E-state index contributed by atoms with van der Waals surface area (Å²) < 4.78 is 5.30. The van der Waals surface area contributed by atoms with E-state index in [1.807, 2.05) is 6.92 Å². The van der Waals surface area contributed by atoms with Crippen molar-refractivity contribution in [2.75, 3.05) is 13.1 Å². The van der Waals surface area contributed by atoms with Crippen molar-refractivity contribution in [1.29, 1.82) is 0 Å². The summed E-state index contributed by atoms with van der Waals surface area (Å²) in [5.41, 5.74) is 7.75. The van der Waals surface area contributed by atoms with Crippen LogP contribution in [0, 0.1) is 0 Å². The number of nitrogens with one attached hydrogen (secondary N) is 1. The van der Waals surface area contributed by atoms with Gasteiger partial charge in [0.05, 0.1) is 5.69 Å². The van der Waals surface area contributed by atoms with E-state index >= 15 is 0 Å². The molecule has 120 valence electrons. The van der Waals surface area contributed by atoms with Crippen LogP contribution in [0.4, 0.5) is 0 Å². The summed E-state index contributed by atoms with van der Waals surface area (Å²) in [6.45, 7) is 2.76. The molecule has 22 heavy (non-hydrogen) atoms. The summed E-state index contributed by atoms with van der Waals surface area (Å²) in [6.07, 6.45) is 4.25. The Morgan fingerprint density at radius 1 is 1.41 bits per heavy atom. The molecule has 0 unspecified atom stereocenters. The Kier molecular flexibility index (Phi) is 4.15. The van der Waals surface area contributed by atoms with Crippen LogP contribution in [-0.2, 0) is 17.6 Å². The Morgan fingerprint density at radius 3 is 2.95 bits per heavy atom. The van der Waals surface area contributed by atoms with Crippen molar-refractivity contribution in [2.24, 2.45) is 5.73 Å². The zero-order chi connectivity index (χ0) is 15.7. The molecule has 3 N–H and O–H groups in total. The van der Waals surface area contributed by atoms with Gasteiger partial charge in [0.2, 0.25) is 11.7 Å². The molecular weight excluding hydrogens is 284 g/mol. The van der Waals surface area contributed by atoms with Crippen molar-refractivity contribution >= 4 is 11.8 Å². The number of hydrogen-bond donors (Lipinski definition) is 2. The molecule has 0 aromatic carbocycles. The maximum atomic E-state index is 12.8. The van der Waals surface area contributed by atoms with E-state index in [1.54, 1.807) is 0 Å². The van der Waals surface area contributed by atoms with Crippen molar-refractivity contribution in [3.8, 4) is 0 Å². The number of rotatable bonds is 3. The third kappa shape index (κ3) is 2.61. The Morgan fingerprint density at radius 2 is 2.18 bits per heavy atom. The van der Waals surface area contributed by atoms with Crippen molar-refractivity contribution in [2.45, 2.75) is 51.1 Å². The molecule has 1 saturated heterocycles. The largest absolute Gasteiger partial charge is 0.355 e. The van der Waals surface area contributed by atoms with Gasteiger partial charge in [0.1, 0.15) is 6.04 Å². The topological polar surface area (TPSA) is 101 Å². The predicted octanol–water partition coefficient (Wildman–Crippen LogP) is 0.231. The highest BCUT2D eigenvalue weighted by molar-refractivity contribution is 5.97. The van der Waals surface area contributed by atoms with E-state index in [1.165, 1.54) is 4.90 Å². The van der Waals surface area contributed by atoms with Gasteiger partial charge in [0, 0.05) is 24.7 Å². The fourth-order valence-corrected chi connectivity index (χ4v) is 3.32. The summed E-state index contributed by atoms with van der Waals surface area (Å²) >= 11 is 0. The normalized spacial score (nSPS) is 24.2. The number of carbonyl (C=O) groups is 2. The first kappa shape index (κ1) is 15.0. The molecule has 7 heteroatoms. The molecule has 0 radical (unpaired) electrons. The Labute approximate surface area is 129 Å². The number of nitrogens with two attached hydrogens (primary N) is 1. The van der Waals surface area contributed by atoms with Crippen molar-refractivity contribution in [3.63, 3.8) is 0 Å². The fourth-order valence-electron chi connectivity index (χ4n) is 3.32. The first-order valence-corrected chi connectivity index (χ1v) is 7.93. The molecule has 1 aromatic rings. The van der Waals surface area contributed by atoms with Gasteiger partial charge >= 0.3 is 0 Å². The molecule has 2 aliphatic rings. The lowest BCUT2D eigenvalue weighted by Gasteiger charge is -2.23. The average molecular weight is 306 g/mol. The highest BCUT2D eigenvalue weighted by Crippen LogP contribution is 2.27. The molecule has 2 atom stereocenters. The van der Waals surface area contributed by atoms with E-state index in [-0.39, 0.29) is 23.6 Å². The predicted molar refractivity (Wildman–Crippen MR) is 79.2 cm³/mol. The maximum Gasteiger partial charge on any atom is 0.293 e. The van der Waals surface area contributed by atoms with Crippen molar-refractivity contribution < 1.29 is 14.1 Å². The molecule has 2 heterocycles. The number of hydrogen-bond acceptors (Lipinski definition) is 5. The lowest BCUT2D eigenvalue weighted by Crippen LogP contribution is -2.46. The molecule has 3 rings (SSSR count). The van der Waals surface area contributed by atoms with Crippen LogP contribution in [-0.4, -0.2) is 47.0 Å². The molecule has 1 aliphatic carbocycles. The van der Waals surface area contributed by atoms with Crippen LogP contribution in [0.1, 0.15) is 48.0 Å². The second-order valence-electron chi connectivity index (χ2n) is 6.01. The fraction of sp³-hybridized carbons (Fsp3) is 0.667. The van der Waals surface area contributed by atoms with Gasteiger partial charge < -0.3 is 20.5 Å². The van der Waals surface area contributed by atoms with Gasteiger partial charge in [-0.1, -0.05) is 5.16 Å². The second-order valence-corrected chi connectivity index (χ2v) is 6.01. The van der Waals surface area contributed by atoms with Crippen molar-refractivity contribution in [1.82, 2.24) is 15.4 Å². The van der Waals surface area contributed by atoms with Crippen LogP contribution in [0.5, 0.6) is 0 Å². The number of fused-ring (bicyclic) bond motifs is 1. The minimum Gasteiger partial charge on any atom is -0.355 e. The van der Waals surface area contributed by atoms with Gasteiger partial charge in [-0.25, -0.2) is 0 Å². The Hall–Kier alpha value is -1.89. The van der Waals surface area contributed by atoms with Gasteiger partial charge in [-0.3, -0.25) is 9.59 Å². The molecule has 1 aromatic heterocycles. The lowest BCUT2D eigenvalue weighted by molar-refractivity contribution is -0.124. The van der Waals surface area contributed by atoms with Gasteiger partial charge in [-0.15, -0.1) is 0 Å². The highest BCUT2D eigenvalue weighted by Gasteiger charge is 2.40. The molecule has 1 aliphatic heterocycles. The van der Waals surface area contributed by atoms with E-state index in [9.17, 15) is 9.59 Å². The number of aryl methyl sites for hydroxylation is 1. The minimum atomic E-state index is -0.521. The third-order valence-electron chi connectivity index (χ3n) is 4.40. The molecule has 0 bridgehead atoms. The van der Waals surface area contributed by atoms with E-state index < -0.39 is 6.04 Å². The minimum absolute atomic E-state index is 0.155. The molecule has 7 nitrogen and oxygen atoms in total. The van der Waals surface area contributed by atoms with Crippen LogP contribution in [0.25, 0.3) is 0 Å². The quantitative estimate of drug-likeness (QED) is 0.832. The maximum absolute atomic E-state index is 12.8. The van der Waals surface area contributed by atoms with Gasteiger partial charge in [-0.05, 0) is 39.0 Å². The standard InChI is InChI=1S/C15H22N4O3/c1-2-17-14(20)12-7-9(16)8-19(12)15(21)13-10-5-3-4-6-11(10)18-22-13/h9,12H,2-8,16H2,1H3,(H,17,20)/t9-,12+/m1/s1. The van der Waals surface area contributed by atoms with Crippen LogP contribution < -0.4 is 11.1 Å². The molecule has 2 amide bonds. The zero-order valence-electron chi connectivity index (χ0n) is 12.8. The van der Waals surface area contributed by atoms with Gasteiger partial charge in [0.15, 0.2) is 0 Å². The zero-order valence-corrected chi connectivity index (χ0v) is 12.8. The number of likely N-dealkylation sites (tertiary alicyclic amines) is 1. The van der Waals surface area contributed by atoms with Crippen LogP contribution in [0.2, 0.25) is 0 Å². The summed E-state index contributed by atoms with van der Waals surface area (Å²) in [5, 5.41) is 6.79. The number of aromatic nitrogens is 1. The van der Waals surface area contributed by atoms with Gasteiger partial charge in [-0.2, -0.15) is 0 Å². The summed E-state index contributed by atoms with van der Waals surface area (Å²) in [6, 6.07) is -0.706. The van der Waals surface area contributed by atoms with E-state index in [0.717, 1.165) is 36.9 Å². The lowest BCUT2D eigenvalue weighted by atomic mass is 9.96. The monoisotopic (exact) mass is 306 g/mol. The Balaban J connectivity index is 1.84.